The lowest BCUT2D eigenvalue weighted by Gasteiger charge is -2.19. The first-order valence-electron chi connectivity index (χ1n) is 15.4. The maximum Gasteiger partial charge on any atom is 0.189 e. The number of Topliss-reactive ketones (excluding diaryl/α,β-unsaturated/α-hetero) is 1. The number of carbonyl (C=O) groups is 3. The molecular formula is C42H44O5. The molecule has 0 heterocycles. The average molecular weight is 629 g/mol. The summed E-state index contributed by atoms with van der Waals surface area (Å²) >= 11 is 0. The van der Waals surface area contributed by atoms with Gasteiger partial charge in [0.2, 0.25) is 0 Å². The van der Waals surface area contributed by atoms with Crippen molar-refractivity contribution in [3.05, 3.63) is 144 Å². The van der Waals surface area contributed by atoms with Crippen LogP contribution in [-0.4, -0.2) is 19.4 Å². The summed E-state index contributed by atoms with van der Waals surface area (Å²) in [5.41, 5.74) is 6.28. The molecule has 1 aliphatic carbocycles. The molecule has 0 saturated heterocycles. The fourth-order valence-corrected chi connectivity index (χ4v) is 4.88. The van der Waals surface area contributed by atoms with Gasteiger partial charge in [0.05, 0.1) is 0 Å². The highest BCUT2D eigenvalue weighted by Crippen LogP contribution is 2.32. The third-order valence-electron chi connectivity index (χ3n) is 7.61. The van der Waals surface area contributed by atoms with Crippen LogP contribution >= 0.6 is 0 Å². The molecule has 4 aromatic carbocycles. The quantitative estimate of drug-likeness (QED) is 0.190. The Labute approximate surface area is 279 Å². The Morgan fingerprint density at radius 2 is 0.957 bits per heavy atom. The van der Waals surface area contributed by atoms with Gasteiger partial charge in [0.15, 0.2) is 5.78 Å². The number of ketones is 1. The number of hydrogen-bond acceptors (Lipinski definition) is 5. The Kier molecular flexibility index (Phi) is 12.6. The normalized spacial score (nSPS) is 12.6. The summed E-state index contributed by atoms with van der Waals surface area (Å²) in [7, 11) is 0. The number of carbonyl (C=O) groups excluding carboxylic acids is 3. The minimum absolute atomic E-state index is 0.0434. The lowest BCUT2D eigenvalue weighted by atomic mass is 9.86. The van der Waals surface area contributed by atoms with Crippen LogP contribution in [0.15, 0.2) is 133 Å². The zero-order valence-corrected chi connectivity index (χ0v) is 28.2. The van der Waals surface area contributed by atoms with E-state index in [1.165, 1.54) is 11.1 Å². The Balaban J connectivity index is 0.00000144. The van der Waals surface area contributed by atoms with Gasteiger partial charge in [0.1, 0.15) is 36.6 Å². The summed E-state index contributed by atoms with van der Waals surface area (Å²) in [5.74, 6) is 3.09. The van der Waals surface area contributed by atoms with Crippen molar-refractivity contribution in [1.82, 2.24) is 0 Å². The van der Waals surface area contributed by atoms with Gasteiger partial charge in [-0.25, -0.2) is 0 Å². The van der Waals surface area contributed by atoms with Crippen molar-refractivity contribution in [3.63, 3.8) is 0 Å². The van der Waals surface area contributed by atoms with E-state index >= 15 is 0 Å². The van der Waals surface area contributed by atoms with E-state index in [2.05, 4.69) is 84.0 Å². The molecule has 1 aliphatic rings. The maximum atomic E-state index is 13.1. The van der Waals surface area contributed by atoms with Crippen LogP contribution in [0.2, 0.25) is 0 Å². The van der Waals surface area contributed by atoms with E-state index in [0.29, 0.717) is 17.7 Å². The zero-order chi connectivity index (χ0) is 34.6. The molecule has 0 aliphatic heterocycles. The molecule has 0 atom stereocenters. The van der Waals surface area contributed by atoms with Crippen LogP contribution < -0.4 is 9.47 Å². The molecule has 0 fully saturated rings. The average Bonchev–Trinajstić information content (AvgIpc) is 3.34. The third kappa shape index (κ3) is 10.1. The molecule has 5 rings (SSSR count). The van der Waals surface area contributed by atoms with Crippen LogP contribution in [0.25, 0.3) is 11.1 Å². The predicted octanol–water partition coefficient (Wildman–Crippen LogP) is 10.9. The molecule has 0 amide bonds. The summed E-state index contributed by atoms with van der Waals surface area (Å²) in [5, 5.41) is 0. The number of hydrogen-bond donors (Lipinski definition) is 0. The maximum absolute atomic E-state index is 13.1. The van der Waals surface area contributed by atoms with Crippen molar-refractivity contribution >= 4 is 19.4 Å². The van der Waals surface area contributed by atoms with Gasteiger partial charge in [-0.15, -0.1) is 0 Å². The molecule has 0 aromatic heterocycles. The third-order valence-corrected chi connectivity index (χ3v) is 7.61. The van der Waals surface area contributed by atoms with Crippen LogP contribution in [0.1, 0.15) is 63.9 Å². The smallest absolute Gasteiger partial charge is 0.189 e. The van der Waals surface area contributed by atoms with E-state index < -0.39 is 0 Å². The van der Waals surface area contributed by atoms with Gasteiger partial charge >= 0.3 is 0 Å². The number of allylic oxidation sites excluding steroid dienone is 6. The molecular weight excluding hydrogens is 584 g/mol. The van der Waals surface area contributed by atoms with Gasteiger partial charge in [-0.3, -0.25) is 4.79 Å². The first-order chi connectivity index (χ1) is 22.5. The molecule has 5 heteroatoms. The van der Waals surface area contributed by atoms with Crippen molar-refractivity contribution in [2.24, 2.45) is 5.41 Å². The van der Waals surface area contributed by atoms with Crippen molar-refractivity contribution in [2.45, 2.75) is 53.4 Å². The second-order valence-corrected chi connectivity index (χ2v) is 13.1. The summed E-state index contributed by atoms with van der Waals surface area (Å²) in [6.45, 7) is 17.1. The molecule has 0 saturated carbocycles. The van der Waals surface area contributed by atoms with Crippen molar-refractivity contribution in [2.75, 3.05) is 0 Å². The number of benzene rings is 4. The monoisotopic (exact) mass is 628 g/mol. The van der Waals surface area contributed by atoms with Crippen molar-refractivity contribution < 1.29 is 23.9 Å². The Hall–Kier alpha value is -5.29. The topological polar surface area (TPSA) is 69.7 Å². The summed E-state index contributed by atoms with van der Waals surface area (Å²) < 4.78 is 12.1. The first kappa shape index (κ1) is 36.2. The van der Waals surface area contributed by atoms with Crippen molar-refractivity contribution in [1.29, 1.82) is 0 Å². The number of ether oxygens (including phenoxy) is 2. The van der Waals surface area contributed by atoms with Gasteiger partial charge in [-0.05, 0) is 100 Å². The van der Waals surface area contributed by atoms with E-state index in [1.807, 2.05) is 92.5 Å². The number of rotatable bonds is 7. The second kappa shape index (κ2) is 16.3. The highest BCUT2D eigenvalue weighted by Gasteiger charge is 2.18. The standard InChI is InChI=1S/C40H40O3.2CH2O/c1-39(2,3)32-9-7-8-30(10-17-32)38(41)31-15-24-36(25-16-31)42-34-20-11-28(12-21-34)29-13-22-35(23-14-29)43-37-26-18-33(19-27-37)40(4,5)6;2*1-2/h7,9-27H,8H2,1-6H3;2*1H2. The minimum Gasteiger partial charge on any atom is -0.457 e. The molecule has 0 unspecified atom stereocenters. The molecule has 0 radical (unpaired) electrons. The van der Waals surface area contributed by atoms with Crippen molar-refractivity contribution in [3.8, 4) is 34.1 Å². The highest BCUT2D eigenvalue weighted by atomic mass is 16.5. The molecule has 5 nitrogen and oxygen atoms in total. The fraction of sp³-hybridized carbons (Fsp3) is 0.214. The fourth-order valence-electron chi connectivity index (χ4n) is 4.88. The summed E-state index contributed by atoms with van der Waals surface area (Å²) in [6, 6.07) is 31.7. The SMILES string of the molecule is C=O.C=O.CC(C)(C)C1=CC=C(C(=O)c2ccc(Oc3ccc(-c4ccc(Oc5ccc(C(C)(C)C)cc5)cc4)cc3)cc2)CC=C1. The van der Waals surface area contributed by atoms with E-state index in [9.17, 15) is 4.79 Å². The van der Waals surface area contributed by atoms with E-state index in [1.54, 1.807) is 0 Å². The largest absolute Gasteiger partial charge is 0.457 e. The molecule has 4 aromatic rings. The lowest BCUT2D eigenvalue weighted by Crippen LogP contribution is -2.10. The van der Waals surface area contributed by atoms with E-state index in [4.69, 9.17) is 19.1 Å². The van der Waals surface area contributed by atoms with E-state index in [0.717, 1.165) is 33.9 Å². The van der Waals surface area contributed by atoms with Gasteiger partial charge < -0.3 is 19.1 Å². The van der Waals surface area contributed by atoms with E-state index in [-0.39, 0.29) is 16.6 Å². The predicted molar refractivity (Wildman–Crippen MR) is 192 cm³/mol. The van der Waals surface area contributed by atoms with Gasteiger partial charge in [0, 0.05) is 11.1 Å². The van der Waals surface area contributed by atoms with Gasteiger partial charge in [0.25, 0.3) is 0 Å². The second-order valence-electron chi connectivity index (χ2n) is 13.1. The van der Waals surface area contributed by atoms with Crippen LogP contribution in [0, 0.1) is 5.41 Å². The van der Waals surface area contributed by atoms with Gasteiger partial charge in [-0.1, -0.05) is 102 Å². The molecule has 47 heavy (non-hydrogen) atoms. The lowest BCUT2D eigenvalue weighted by molar-refractivity contribution is -0.0987. The summed E-state index contributed by atoms with van der Waals surface area (Å²) in [4.78, 5) is 29.1. The van der Waals surface area contributed by atoms with Crippen LogP contribution in [0.4, 0.5) is 0 Å². The first-order valence-corrected chi connectivity index (χ1v) is 15.4. The van der Waals surface area contributed by atoms with Crippen LogP contribution in [0.3, 0.4) is 0 Å². The Morgan fingerprint density at radius 3 is 1.36 bits per heavy atom. The zero-order valence-electron chi connectivity index (χ0n) is 28.2. The van der Waals surface area contributed by atoms with Crippen LogP contribution in [0.5, 0.6) is 23.0 Å². The molecule has 242 valence electrons. The Bertz CT molecular complexity index is 1690. The van der Waals surface area contributed by atoms with Crippen LogP contribution in [-0.2, 0) is 15.0 Å². The molecule has 0 N–H and O–H groups in total. The van der Waals surface area contributed by atoms with Gasteiger partial charge in [-0.2, -0.15) is 0 Å². The summed E-state index contributed by atoms with van der Waals surface area (Å²) in [6.07, 6.45) is 8.84. The Morgan fingerprint density at radius 1 is 0.553 bits per heavy atom. The minimum atomic E-state index is 0.0434. The molecule has 0 bridgehead atoms. The highest BCUT2D eigenvalue weighted by molar-refractivity contribution is 6.09. The molecule has 0 spiro atoms.